The van der Waals surface area contributed by atoms with Crippen LogP contribution in [-0.4, -0.2) is 11.9 Å². The summed E-state index contributed by atoms with van der Waals surface area (Å²) in [7, 11) is 0. The van der Waals surface area contributed by atoms with Crippen LogP contribution in [0, 0.1) is 0 Å². The molecule has 0 bridgehead atoms. The molecule has 0 amide bonds. The summed E-state index contributed by atoms with van der Waals surface area (Å²) in [4.78, 5) is 16.2. The van der Waals surface area contributed by atoms with E-state index in [1.165, 1.54) is 0 Å². The molecule has 3 nitrogen and oxygen atoms in total. The van der Waals surface area contributed by atoms with Gasteiger partial charge in [0, 0.05) is 9.50 Å². The maximum Gasteiger partial charge on any atom is 0.363 e. The number of carbonyl (C=O) groups is 1. The van der Waals surface area contributed by atoms with E-state index in [0.29, 0.717) is 15.6 Å². The van der Waals surface area contributed by atoms with E-state index >= 15 is 0 Å². The summed E-state index contributed by atoms with van der Waals surface area (Å²) in [6, 6.07) is 12.4. The molecule has 2 aromatic carbocycles. The van der Waals surface area contributed by atoms with Crippen molar-refractivity contribution in [1.82, 2.24) is 0 Å². The summed E-state index contributed by atoms with van der Waals surface area (Å²) in [5.41, 5.74) is 1.54. The molecule has 6 heteroatoms. The number of nitrogens with zero attached hydrogens (tertiary/aromatic N) is 1. The largest absolute Gasteiger partial charge is 0.402 e. The van der Waals surface area contributed by atoms with E-state index in [9.17, 15) is 4.79 Å². The zero-order chi connectivity index (χ0) is 15.7. The van der Waals surface area contributed by atoms with Crippen LogP contribution in [0.3, 0.4) is 0 Å². The minimum absolute atomic E-state index is 0.152. The van der Waals surface area contributed by atoms with Gasteiger partial charge < -0.3 is 4.74 Å². The highest BCUT2D eigenvalue weighted by Crippen LogP contribution is 2.26. The first-order chi connectivity index (χ1) is 10.5. The van der Waals surface area contributed by atoms with Crippen LogP contribution < -0.4 is 0 Å². The maximum absolute atomic E-state index is 12.0. The fourth-order valence-corrected chi connectivity index (χ4v) is 2.73. The van der Waals surface area contributed by atoms with E-state index in [-0.39, 0.29) is 11.6 Å². The molecule has 22 heavy (non-hydrogen) atoms. The van der Waals surface area contributed by atoms with Crippen molar-refractivity contribution in [2.24, 2.45) is 4.99 Å². The molecular formula is C16H8BrCl2NO2. The van der Waals surface area contributed by atoms with E-state index in [1.54, 1.807) is 24.3 Å². The Balaban J connectivity index is 2.00. The van der Waals surface area contributed by atoms with E-state index < -0.39 is 5.97 Å². The number of rotatable bonds is 2. The second-order valence-electron chi connectivity index (χ2n) is 4.52. The number of carbonyl (C=O) groups excluding carboxylic acids is 1. The normalized spacial score (nSPS) is 15.9. The molecule has 0 fully saturated rings. The van der Waals surface area contributed by atoms with Crippen LogP contribution in [0.4, 0.5) is 0 Å². The second-order valence-corrected chi connectivity index (χ2v) is 6.27. The van der Waals surface area contributed by atoms with Crippen LogP contribution in [0.15, 0.2) is 57.6 Å². The van der Waals surface area contributed by atoms with Crippen molar-refractivity contribution >= 4 is 57.1 Å². The third-order valence-corrected chi connectivity index (χ3v) is 3.99. The van der Waals surface area contributed by atoms with Crippen molar-refractivity contribution in [1.29, 1.82) is 0 Å². The Morgan fingerprint density at radius 2 is 1.95 bits per heavy atom. The Hall–Kier alpha value is -1.62. The molecule has 0 aliphatic carbocycles. The molecule has 2 aromatic rings. The van der Waals surface area contributed by atoms with Crippen LogP contribution in [-0.2, 0) is 9.53 Å². The Morgan fingerprint density at radius 3 is 2.73 bits per heavy atom. The zero-order valence-corrected chi connectivity index (χ0v) is 14.1. The lowest BCUT2D eigenvalue weighted by Gasteiger charge is -2.02. The fraction of sp³-hybridized carbons (Fsp3) is 0. The third-order valence-electron chi connectivity index (χ3n) is 2.93. The Kier molecular flexibility index (Phi) is 4.34. The molecule has 3 rings (SSSR count). The lowest BCUT2D eigenvalue weighted by atomic mass is 10.2. The van der Waals surface area contributed by atoms with Crippen molar-refractivity contribution in [2.45, 2.75) is 0 Å². The molecule has 0 saturated carbocycles. The number of esters is 1. The SMILES string of the molecule is O=C1OC(c2cc(Cl)ccc2Cl)=N/C1=C\c1cccc(Br)c1. The Morgan fingerprint density at radius 1 is 1.14 bits per heavy atom. The summed E-state index contributed by atoms with van der Waals surface area (Å²) in [5, 5.41) is 0.905. The second kappa shape index (κ2) is 6.24. The molecule has 0 spiro atoms. The number of cyclic esters (lactones) is 1. The van der Waals surface area contributed by atoms with Crippen LogP contribution in [0.5, 0.6) is 0 Å². The average Bonchev–Trinajstić information content (AvgIpc) is 2.83. The fourth-order valence-electron chi connectivity index (χ4n) is 1.94. The predicted octanol–water partition coefficient (Wildman–Crippen LogP) is 5.10. The molecule has 1 aliphatic heterocycles. The van der Waals surface area contributed by atoms with Gasteiger partial charge in [-0.3, -0.25) is 0 Å². The van der Waals surface area contributed by atoms with Crippen LogP contribution in [0.25, 0.3) is 6.08 Å². The van der Waals surface area contributed by atoms with Crippen molar-refractivity contribution in [2.75, 3.05) is 0 Å². The highest BCUT2D eigenvalue weighted by molar-refractivity contribution is 9.10. The number of benzene rings is 2. The Bertz CT molecular complexity index is 831. The first-order valence-corrected chi connectivity index (χ1v) is 7.81. The van der Waals surface area contributed by atoms with Gasteiger partial charge >= 0.3 is 5.97 Å². The van der Waals surface area contributed by atoms with Gasteiger partial charge in [-0.05, 0) is 42.0 Å². The quantitative estimate of drug-likeness (QED) is 0.523. The molecule has 0 radical (unpaired) electrons. The first kappa shape index (κ1) is 15.3. The summed E-state index contributed by atoms with van der Waals surface area (Å²) >= 11 is 15.4. The predicted molar refractivity (Wildman–Crippen MR) is 91.2 cm³/mol. The van der Waals surface area contributed by atoms with Crippen molar-refractivity contribution in [3.8, 4) is 0 Å². The number of ether oxygens (including phenoxy) is 1. The lowest BCUT2D eigenvalue weighted by Crippen LogP contribution is -2.06. The van der Waals surface area contributed by atoms with Crippen molar-refractivity contribution in [3.63, 3.8) is 0 Å². The van der Waals surface area contributed by atoms with Crippen LogP contribution in [0.1, 0.15) is 11.1 Å². The van der Waals surface area contributed by atoms with Crippen LogP contribution in [0.2, 0.25) is 10.0 Å². The summed E-state index contributed by atoms with van der Waals surface area (Å²) in [6.45, 7) is 0. The smallest absolute Gasteiger partial charge is 0.363 e. The number of hydrogen-bond donors (Lipinski definition) is 0. The number of aliphatic imine (C=N–C) groups is 1. The van der Waals surface area contributed by atoms with E-state index in [2.05, 4.69) is 20.9 Å². The summed E-state index contributed by atoms with van der Waals surface area (Å²) in [6.07, 6.45) is 1.65. The number of hydrogen-bond acceptors (Lipinski definition) is 3. The molecule has 0 aromatic heterocycles. The summed E-state index contributed by atoms with van der Waals surface area (Å²) < 4.78 is 6.10. The summed E-state index contributed by atoms with van der Waals surface area (Å²) in [5.74, 6) is -0.371. The highest BCUT2D eigenvalue weighted by atomic mass is 79.9. The molecule has 0 atom stereocenters. The van der Waals surface area contributed by atoms with Gasteiger partial charge in [0.15, 0.2) is 5.70 Å². The van der Waals surface area contributed by atoms with Gasteiger partial charge in [0.05, 0.1) is 10.6 Å². The molecule has 0 N–H and O–H groups in total. The van der Waals surface area contributed by atoms with Gasteiger partial charge in [-0.2, -0.15) is 0 Å². The van der Waals surface area contributed by atoms with E-state index in [1.807, 2.05) is 24.3 Å². The Labute approximate surface area is 145 Å². The van der Waals surface area contributed by atoms with E-state index in [4.69, 9.17) is 27.9 Å². The van der Waals surface area contributed by atoms with Gasteiger partial charge in [0.1, 0.15) is 0 Å². The first-order valence-electron chi connectivity index (χ1n) is 6.26. The minimum Gasteiger partial charge on any atom is -0.402 e. The molecule has 1 heterocycles. The maximum atomic E-state index is 12.0. The topological polar surface area (TPSA) is 38.7 Å². The van der Waals surface area contributed by atoms with Crippen LogP contribution >= 0.6 is 39.1 Å². The van der Waals surface area contributed by atoms with E-state index in [0.717, 1.165) is 10.0 Å². The van der Waals surface area contributed by atoms with Gasteiger partial charge in [-0.1, -0.05) is 51.3 Å². The molecule has 110 valence electrons. The third kappa shape index (κ3) is 3.24. The highest BCUT2D eigenvalue weighted by Gasteiger charge is 2.25. The minimum atomic E-state index is -0.522. The molecule has 0 unspecified atom stereocenters. The van der Waals surface area contributed by atoms with Gasteiger partial charge in [-0.25, -0.2) is 9.79 Å². The molecular weight excluding hydrogens is 389 g/mol. The average molecular weight is 397 g/mol. The van der Waals surface area contributed by atoms with Gasteiger partial charge in [-0.15, -0.1) is 0 Å². The van der Waals surface area contributed by atoms with Crippen molar-refractivity contribution in [3.05, 3.63) is 73.8 Å². The van der Waals surface area contributed by atoms with Crippen molar-refractivity contribution < 1.29 is 9.53 Å². The number of halogens is 3. The monoisotopic (exact) mass is 395 g/mol. The van der Waals surface area contributed by atoms with Gasteiger partial charge in [0.2, 0.25) is 5.90 Å². The van der Waals surface area contributed by atoms with Gasteiger partial charge in [0.25, 0.3) is 0 Å². The lowest BCUT2D eigenvalue weighted by molar-refractivity contribution is -0.129. The molecule has 0 saturated heterocycles. The zero-order valence-electron chi connectivity index (χ0n) is 11.0. The standard InChI is InChI=1S/C16H8BrCl2NO2/c17-10-3-1-2-9(6-10)7-14-16(21)22-15(20-14)12-8-11(18)4-5-13(12)19/h1-8H/b14-7-. The molecule has 1 aliphatic rings.